The molecule has 0 aromatic rings. The molecule has 0 radical (unpaired) electrons. The molecule has 3 nitrogen and oxygen atoms in total. The predicted molar refractivity (Wildman–Crippen MR) is 23.8 cm³/mol. The van der Waals surface area contributed by atoms with E-state index in [4.69, 9.17) is 11.6 Å². The minimum atomic E-state index is -0.568. The van der Waals surface area contributed by atoms with Crippen molar-refractivity contribution in [2.45, 2.75) is 0 Å². The van der Waals surface area contributed by atoms with Crippen LogP contribution in [0.1, 0.15) is 0 Å². The molecule has 42 valence electrons. The van der Waals surface area contributed by atoms with Gasteiger partial charge >= 0.3 is 0 Å². The molecule has 0 aliphatic carbocycles. The van der Waals surface area contributed by atoms with Gasteiger partial charge in [0.15, 0.2) is 6.61 Å². The Bertz CT molecular complexity index is 63.2. The standard InChI is InChI=1S/C3H5ClO3/c1-6-7-2-3(4)5/h2H2,1H3. The minimum Gasteiger partial charge on any atom is -0.279 e. The molecule has 0 saturated carbocycles. The highest BCUT2D eigenvalue weighted by atomic mass is 35.5. The monoisotopic (exact) mass is 124 g/mol. The summed E-state index contributed by atoms with van der Waals surface area (Å²) in [5, 5.41) is -0.568. The first-order valence-corrected chi connectivity index (χ1v) is 1.99. The lowest BCUT2D eigenvalue weighted by Crippen LogP contribution is -1.99. The number of carbonyl (C=O) groups excluding carboxylic acids is 1. The van der Waals surface area contributed by atoms with Crippen molar-refractivity contribution in [2.75, 3.05) is 13.7 Å². The Hall–Kier alpha value is -0.120. The molecule has 0 spiro atoms. The lowest BCUT2D eigenvalue weighted by molar-refractivity contribution is -0.265. The maximum absolute atomic E-state index is 9.76. The largest absolute Gasteiger partial charge is 0.279 e. The van der Waals surface area contributed by atoms with E-state index < -0.39 is 5.24 Å². The van der Waals surface area contributed by atoms with Crippen LogP contribution in [0.3, 0.4) is 0 Å². The molecule has 0 aliphatic heterocycles. The van der Waals surface area contributed by atoms with Gasteiger partial charge in [-0.3, -0.25) is 4.79 Å². The zero-order valence-corrected chi connectivity index (χ0v) is 4.57. The molecule has 0 unspecified atom stereocenters. The van der Waals surface area contributed by atoms with Gasteiger partial charge in [-0.15, -0.1) is 0 Å². The van der Waals surface area contributed by atoms with Gasteiger partial charge in [0.05, 0.1) is 7.11 Å². The van der Waals surface area contributed by atoms with E-state index in [1.807, 2.05) is 0 Å². The fraction of sp³-hybridized carbons (Fsp3) is 0.667. The summed E-state index contributed by atoms with van der Waals surface area (Å²) in [6.07, 6.45) is 0. The number of hydrogen-bond acceptors (Lipinski definition) is 3. The first-order valence-electron chi connectivity index (χ1n) is 1.61. The predicted octanol–water partition coefficient (Wildman–Crippen LogP) is 0.330. The van der Waals surface area contributed by atoms with Crippen molar-refractivity contribution in [3.8, 4) is 0 Å². The van der Waals surface area contributed by atoms with Crippen LogP contribution in [0.5, 0.6) is 0 Å². The zero-order chi connectivity index (χ0) is 5.70. The molecule has 0 amide bonds. The minimum absolute atomic E-state index is 0.196. The molecule has 0 bridgehead atoms. The molecule has 7 heavy (non-hydrogen) atoms. The zero-order valence-electron chi connectivity index (χ0n) is 3.81. The summed E-state index contributed by atoms with van der Waals surface area (Å²) in [6, 6.07) is 0. The number of halogens is 1. The van der Waals surface area contributed by atoms with Crippen LogP contribution in [-0.4, -0.2) is 19.0 Å². The van der Waals surface area contributed by atoms with Crippen molar-refractivity contribution < 1.29 is 14.6 Å². The van der Waals surface area contributed by atoms with Crippen molar-refractivity contribution in [1.29, 1.82) is 0 Å². The highest BCUT2D eigenvalue weighted by molar-refractivity contribution is 6.63. The first-order chi connectivity index (χ1) is 3.27. The molecule has 0 fully saturated rings. The van der Waals surface area contributed by atoms with E-state index in [0.29, 0.717) is 0 Å². The van der Waals surface area contributed by atoms with Crippen molar-refractivity contribution in [2.24, 2.45) is 0 Å². The number of rotatable bonds is 3. The van der Waals surface area contributed by atoms with E-state index in [0.717, 1.165) is 0 Å². The molecule has 0 atom stereocenters. The summed E-state index contributed by atoms with van der Waals surface area (Å²) < 4.78 is 0. The fourth-order valence-electron chi connectivity index (χ4n) is 0.105. The average Bonchev–Trinajstić information content (AvgIpc) is 1.61. The normalized spacial score (nSPS) is 8.86. The van der Waals surface area contributed by atoms with Gasteiger partial charge in [0.1, 0.15) is 0 Å². The third-order valence-electron chi connectivity index (χ3n) is 0.290. The third-order valence-corrected chi connectivity index (χ3v) is 0.399. The van der Waals surface area contributed by atoms with E-state index in [9.17, 15) is 4.79 Å². The van der Waals surface area contributed by atoms with Gasteiger partial charge in [0, 0.05) is 0 Å². The van der Waals surface area contributed by atoms with Gasteiger partial charge in [-0.25, -0.2) is 9.78 Å². The van der Waals surface area contributed by atoms with E-state index in [1.165, 1.54) is 7.11 Å². The Morgan fingerprint density at radius 1 is 1.86 bits per heavy atom. The second kappa shape index (κ2) is 4.05. The summed E-state index contributed by atoms with van der Waals surface area (Å²) in [5.41, 5.74) is 0. The molecule has 0 aromatic heterocycles. The second-order valence-corrected chi connectivity index (χ2v) is 1.21. The fourth-order valence-corrected chi connectivity index (χ4v) is 0.150. The van der Waals surface area contributed by atoms with E-state index in [1.54, 1.807) is 0 Å². The molecule has 0 aromatic carbocycles. The van der Waals surface area contributed by atoms with Crippen LogP contribution < -0.4 is 0 Å². The number of hydrogen-bond donors (Lipinski definition) is 0. The van der Waals surface area contributed by atoms with Crippen LogP contribution in [0, 0.1) is 0 Å². The Balaban J connectivity index is 2.82. The van der Waals surface area contributed by atoms with Gasteiger partial charge in [-0.05, 0) is 11.6 Å². The van der Waals surface area contributed by atoms with Crippen molar-refractivity contribution in [3.05, 3.63) is 0 Å². The highest BCUT2D eigenvalue weighted by Crippen LogP contribution is 1.79. The van der Waals surface area contributed by atoms with E-state index >= 15 is 0 Å². The van der Waals surface area contributed by atoms with Crippen LogP contribution in [0.2, 0.25) is 0 Å². The Kier molecular flexibility index (Phi) is 3.98. The summed E-state index contributed by atoms with van der Waals surface area (Å²) in [4.78, 5) is 17.9. The molecule has 4 heteroatoms. The maximum Gasteiger partial charge on any atom is 0.250 e. The SMILES string of the molecule is COOCC(=O)Cl. The number of carbonyl (C=O) groups is 1. The lowest BCUT2D eigenvalue weighted by atomic mass is 10.8. The summed E-state index contributed by atoms with van der Waals surface area (Å²) >= 11 is 4.81. The smallest absolute Gasteiger partial charge is 0.250 e. The lowest BCUT2D eigenvalue weighted by Gasteiger charge is -1.89. The average molecular weight is 125 g/mol. The van der Waals surface area contributed by atoms with E-state index in [2.05, 4.69) is 9.78 Å². The van der Waals surface area contributed by atoms with Crippen molar-refractivity contribution in [1.82, 2.24) is 0 Å². The Morgan fingerprint density at radius 2 is 2.43 bits per heavy atom. The molecule has 0 rings (SSSR count). The summed E-state index contributed by atoms with van der Waals surface area (Å²) in [5.74, 6) is 0. The van der Waals surface area contributed by atoms with E-state index in [-0.39, 0.29) is 6.61 Å². The van der Waals surface area contributed by atoms with Crippen LogP contribution >= 0.6 is 11.6 Å². The van der Waals surface area contributed by atoms with Crippen molar-refractivity contribution >= 4 is 16.8 Å². The van der Waals surface area contributed by atoms with Gasteiger partial charge in [-0.2, -0.15) is 0 Å². The maximum atomic E-state index is 9.76. The topological polar surface area (TPSA) is 35.5 Å². The van der Waals surface area contributed by atoms with Gasteiger partial charge in [0.25, 0.3) is 5.24 Å². The van der Waals surface area contributed by atoms with Crippen LogP contribution in [0.15, 0.2) is 0 Å². The summed E-state index contributed by atoms with van der Waals surface area (Å²) in [6.45, 7) is -0.196. The van der Waals surface area contributed by atoms with Gasteiger partial charge in [-0.1, -0.05) is 0 Å². The van der Waals surface area contributed by atoms with Gasteiger partial charge in [0.2, 0.25) is 0 Å². The highest BCUT2D eigenvalue weighted by Gasteiger charge is 1.91. The van der Waals surface area contributed by atoms with Crippen LogP contribution in [-0.2, 0) is 14.6 Å². The first kappa shape index (κ1) is 6.88. The van der Waals surface area contributed by atoms with Crippen LogP contribution in [0.4, 0.5) is 0 Å². The summed E-state index contributed by atoms with van der Waals surface area (Å²) in [7, 11) is 1.31. The Morgan fingerprint density at radius 3 is 2.57 bits per heavy atom. The van der Waals surface area contributed by atoms with Crippen LogP contribution in [0.25, 0.3) is 0 Å². The third kappa shape index (κ3) is 5.88. The Labute approximate surface area is 46.1 Å². The quantitative estimate of drug-likeness (QED) is 0.309. The molecule has 0 saturated heterocycles. The molecular weight excluding hydrogens is 119 g/mol. The molecule has 0 aliphatic rings. The molecule has 0 heterocycles. The van der Waals surface area contributed by atoms with Crippen molar-refractivity contribution in [3.63, 3.8) is 0 Å². The second-order valence-electron chi connectivity index (χ2n) is 0.784. The molecule has 0 N–H and O–H groups in total. The van der Waals surface area contributed by atoms with Gasteiger partial charge < -0.3 is 0 Å². The molecular formula is C3H5ClO3.